The van der Waals surface area contributed by atoms with E-state index in [1.807, 2.05) is 0 Å². The van der Waals surface area contributed by atoms with Gasteiger partial charge in [-0.3, -0.25) is 9.59 Å². The summed E-state index contributed by atoms with van der Waals surface area (Å²) in [4.78, 5) is 26.0. The molecule has 21 heavy (non-hydrogen) atoms. The van der Waals surface area contributed by atoms with Crippen molar-refractivity contribution in [1.29, 1.82) is 0 Å². The first kappa shape index (κ1) is 17.2. The van der Waals surface area contributed by atoms with Gasteiger partial charge in [0.15, 0.2) is 5.92 Å². The molecule has 1 N–H and O–H groups in total. The number of carboxylic acids is 1. The highest BCUT2D eigenvalue weighted by molar-refractivity contribution is 8.76. The molecule has 0 aliphatic heterocycles. The Morgan fingerprint density at radius 1 is 1.43 bits per heavy atom. The summed E-state index contributed by atoms with van der Waals surface area (Å²) in [5.41, 5.74) is 8.79. The molecule has 0 aliphatic carbocycles. The first-order valence-corrected chi connectivity index (χ1v) is 8.24. The second kappa shape index (κ2) is 9.17. The fourth-order valence-corrected chi connectivity index (χ4v) is 3.49. The van der Waals surface area contributed by atoms with Crippen LogP contribution in [0.5, 0.6) is 0 Å². The topological polar surface area (TPSA) is 112 Å². The summed E-state index contributed by atoms with van der Waals surface area (Å²) in [6.45, 7) is 1.78. The molecular formula is C12H13N3O4S2. The average molecular weight is 327 g/mol. The van der Waals surface area contributed by atoms with Crippen molar-refractivity contribution >= 4 is 39.2 Å². The highest BCUT2D eigenvalue weighted by Crippen LogP contribution is 2.33. The molecule has 1 aromatic rings. The molecule has 112 valence electrons. The molecule has 0 amide bonds. The highest BCUT2D eigenvalue weighted by Gasteiger charge is 2.27. The molecule has 0 spiro atoms. The second-order valence-electron chi connectivity index (χ2n) is 3.69. The predicted molar refractivity (Wildman–Crippen MR) is 81.3 cm³/mol. The van der Waals surface area contributed by atoms with Crippen LogP contribution in [0.25, 0.3) is 10.4 Å². The van der Waals surface area contributed by atoms with Crippen molar-refractivity contribution < 1.29 is 19.4 Å². The number of hydrogen-bond donors (Lipinski definition) is 1. The standard InChI is InChI=1S/C12H13N3O4S2/c1-2-19-12(18)10(11(16)17)7-20-21-9-5-3-8(4-6-9)14-15-13/h3-6,10H,2,7H2,1H3,(H,16,17). The van der Waals surface area contributed by atoms with Gasteiger partial charge in [0.05, 0.1) is 6.61 Å². The first-order chi connectivity index (χ1) is 10.1. The molecule has 0 heterocycles. The van der Waals surface area contributed by atoms with Crippen molar-refractivity contribution in [3.05, 3.63) is 34.7 Å². The fraction of sp³-hybridized carbons (Fsp3) is 0.333. The lowest BCUT2D eigenvalue weighted by atomic mass is 10.2. The highest BCUT2D eigenvalue weighted by atomic mass is 33.1. The Balaban J connectivity index is 2.52. The van der Waals surface area contributed by atoms with E-state index in [0.717, 1.165) is 4.90 Å². The Bertz CT molecular complexity index is 544. The van der Waals surface area contributed by atoms with E-state index in [9.17, 15) is 9.59 Å². The number of hydrogen-bond acceptors (Lipinski definition) is 6. The number of azide groups is 1. The lowest BCUT2D eigenvalue weighted by Crippen LogP contribution is -2.27. The van der Waals surface area contributed by atoms with E-state index in [2.05, 4.69) is 10.0 Å². The molecule has 1 aromatic carbocycles. The van der Waals surface area contributed by atoms with Gasteiger partial charge in [-0.2, -0.15) is 0 Å². The van der Waals surface area contributed by atoms with Gasteiger partial charge in [-0.1, -0.05) is 38.8 Å². The number of ether oxygens (including phenoxy) is 1. The van der Waals surface area contributed by atoms with Crippen LogP contribution in [0.3, 0.4) is 0 Å². The molecule has 0 fully saturated rings. The lowest BCUT2D eigenvalue weighted by Gasteiger charge is -2.10. The Labute approximate surface area is 129 Å². The SMILES string of the molecule is CCOC(=O)C(CSSc1ccc(N=[N+]=[N-])cc1)C(=O)O. The molecule has 0 radical (unpaired) electrons. The summed E-state index contributed by atoms with van der Waals surface area (Å²) in [7, 11) is 2.59. The van der Waals surface area contributed by atoms with E-state index < -0.39 is 17.9 Å². The molecular weight excluding hydrogens is 314 g/mol. The molecule has 0 bridgehead atoms. The Kier molecular flexibility index (Phi) is 7.52. The Morgan fingerprint density at radius 2 is 2.10 bits per heavy atom. The lowest BCUT2D eigenvalue weighted by molar-refractivity contribution is -0.157. The van der Waals surface area contributed by atoms with Crippen molar-refractivity contribution in [2.45, 2.75) is 11.8 Å². The smallest absolute Gasteiger partial charge is 0.321 e. The van der Waals surface area contributed by atoms with Crippen LogP contribution in [0.1, 0.15) is 6.92 Å². The molecule has 9 heteroatoms. The van der Waals surface area contributed by atoms with Crippen LogP contribution in [0.2, 0.25) is 0 Å². The largest absolute Gasteiger partial charge is 0.481 e. The number of rotatable bonds is 8. The van der Waals surface area contributed by atoms with Gasteiger partial charge < -0.3 is 9.84 Å². The maximum atomic E-state index is 11.5. The van der Waals surface area contributed by atoms with Crippen molar-refractivity contribution in [3.63, 3.8) is 0 Å². The summed E-state index contributed by atoms with van der Waals surface area (Å²) in [6.07, 6.45) is 0. The van der Waals surface area contributed by atoms with Crippen molar-refractivity contribution in [3.8, 4) is 0 Å². The summed E-state index contributed by atoms with van der Waals surface area (Å²) >= 11 is 0. The van der Waals surface area contributed by atoms with Crippen LogP contribution in [-0.2, 0) is 14.3 Å². The number of nitrogens with zero attached hydrogens (tertiary/aromatic N) is 3. The number of aliphatic carboxylic acids is 1. The number of carbonyl (C=O) groups excluding carboxylic acids is 1. The average Bonchev–Trinajstić information content (AvgIpc) is 2.45. The maximum Gasteiger partial charge on any atom is 0.321 e. The molecule has 1 rings (SSSR count). The van der Waals surface area contributed by atoms with Crippen LogP contribution < -0.4 is 0 Å². The molecule has 7 nitrogen and oxygen atoms in total. The van der Waals surface area contributed by atoms with Crippen LogP contribution in [0.15, 0.2) is 34.3 Å². The molecule has 0 saturated carbocycles. The molecule has 0 aliphatic rings. The van der Waals surface area contributed by atoms with Gasteiger partial charge in [0.2, 0.25) is 0 Å². The first-order valence-electron chi connectivity index (χ1n) is 5.92. The number of esters is 1. The van der Waals surface area contributed by atoms with Gasteiger partial charge in [0.1, 0.15) is 0 Å². The predicted octanol–water partition coefficient (Wildman–Crippen LogP) is 3.63. The van der Waals surface area contributed by atoms with Crippen LogP contribution in [0, 0.1) is 5.92 Å². The van der Waals surface area contributed by atoms with Crippen LogP contribution >= 0.6 is 21.6 Å². The van der Waals surface area contributed by atoms with Crippen molar-refractivity contribution in [2.24, 2.45) is 11.0 Å². The van der Waals surface area contributed by atoms with E-state index in [1.165, 1.54) is 21.6 Å². The van der Waals surface area contributed by atoms with Gasteiger partial charge in [0.25, 0.3) is 0 Å². The maximum absolute atomic E-state index is 11.5. The second-order valence-corrected chi connectivity index (χ2v) is 6.11. The number of benzene rings is 1. The molecule has 1 unspecified atom stereocenters. The van der Waals surface area contributed by atoms with E-state index in [4.69, 9.17) is 15.4 Å². The fourth-order valence-electron chi connectivity index (χ4n) is 1.27. The minimum Gasteiger partial charge on any atom is -0.481 e. The minimum absolute atomic E-state index is 0.108. The zero-order valence-electron chi connectivity index (χ0n) is 11.1. The third-order valence-corrected chi connectivity index (χ3v) is 4.65. The summed E-state index contributed by atoms with van der Waals surface area (Å²) in [5, 5.41) is 12.4. The Hall–Kier alpha value is -1.83. The van der Waals surface area contributed by atoms with E-state index in [1.54, 1.807) is 31.2 Å². The monoisotopic (exact) mass is 327 g/mol. The number of carbonyl (C=O) groups is 2. The van der Waals surface area contributed by atoms with E-state index >= 15 is 0 Å². The summed E-state index contributed by atoms with van der Waals surface area (Å²) in [5.74, 6) is -2.99. The van der Waals surface area contributed by atoms with Crippen molar-refractivity contribution in [2.75, 3.05) is 12.4 Å². The van der Waals surface area contributed by atoms with Gasteiger partial charge in [-0.25, -0.2) is 0 Å². The van der Waals surface area contributed by atoms with Gasteiger partial charge in [-0.05, 0) is 24.6 Å². The Morgan fingerprint density at radius 3 is 2.62 bits per heavy atom. The van der Waals surface area contributed by atoms with Crippen molar-refractivity contribution in [1.82, 2.24) is 0 Å². The summed E-state index contributed by atoms with van der Waals surface area (Å²) < 4.78 is 4.72. The molecule has 1 atom stereocenters. The van der Waals surface area contributed by atoms with Gasteiger partial charge in [0, 0.05) is 21.2 Å². The minimum atomic E-state index is -1.19. The third kappa shape index (κ3) is 5.99. The van der Waals surface area contributed by atoms with Gasteiger partial charge in [-0.15, -0.1) is 0 Å². The van der Waals surface area contributed by atoms with Crippen LogP contribution in [-0.4, -0.2) is 29.4 Å². The van der Waals surface area contributed by atoms with Gasteiger partial charge >= 0.3 is 11.9 Å². The normalized spacial score (nSPS) is 11.3. The third-order valence-electron chi connectivity index (χ3n) is 2.26. The van der Waals surface area contributed by atoms with E-state index in [0.29, 0.717) is 5.69 Å². The molecule has 0 aromatic heterocycles. The zero-order chi connectivity index (χ0) is 15.7. The molecule has 0 saturated heterocycles. The van der Waals surface area contributed by atoms with E-state index in [-0.39, 0.29) is 12.4 Å². The number of carboxylic acid groups (broad SMARTS) is 1. The summed E-state index contributed by atoms with van der Waals surface area (Å²) in [6, 6.07) is 6.81. The van der Waals surface area contributed by atoms with Crippen LogP contribution in [0.4, 0.5) is 5.69 Å². The zero-order valence-corrected chi connectivity index (χ0v) is 12.8. The quantitative estimate of drug-likeness (QED) is 0.195.